The van der Waals surface area contributed by atoms with Gasteiger partial charge in [-0.1, -0.05) is 0 Å². The van der Waals surface area contributed by atoms with Gasteiger partial charge in [0.25, 0.3) is 0 Å². The smallest absolute Gasteiger partial charge is 0.225 e. The summed E-state index contributed by atoms with van der Waals surface area (Å²) in [4.78, 5) is 29.9. The van der Waals surface area contributed by atoms with Crippen molar-refractivity contribution in [1.29, 1.82) is 0 Å². The van der Waals surface area contributed by atoms with Crippen LogP contribution in [0.5, 0.6) is 0 Å². The Hall–Kier alpha value is -1.78. The lowest BCUT2D eigenvalue weighted by Gasteiger charge is -1.99. The van der Waals surface area contributed by atoms with Crippen LogP contribution in [0.2, 0.25) is 0 Å². The van der Waals surface area contributed by atoms with Crippen molar-refractivity contribution in [3.8, 4) is 0 Å². The van der Waals surface area contributed by atoms with E-state index in [0.29, 0.717) is 24.2 Å². The highest BCUT2D eigenvalue weighted by Gasteiger charge is 2.21. The molecule has 0 radical (unpaired) electrons. The number of primary amides is 1. The van der Waals surface area contributed by atoms with E-state index in [9.17, 15) is 9.59 Å². The molecule has 0 saturated heterocycles. The number of aromatic nitrogens is 2. The molecule has 1 aromatic rings. The number of rotatable bonds is 2. The number of amides is 1. The first-order valence-electron chi connectivity index (χ1n) is 4.33. The quantitative estimate of drug-likeness (QED) is 0.691. The number of carbonyl (C=O) groups excluding carboxylic acids is 2. The molecule has 72 valence electrons. The molecule has 0 saturated carbocycles. The lowest BCUT2D eigenvalue weighted by Crippen LogP contribution is -2.16. The number of hydrogen-bond acceptors (Lipinski definition) is 4. The largest absolute Gasteiger partial charge is 0.369 e. The Balaban J connectivity index is 2.32. The van der Waals surface area contributed by atoms with Crippen molar-refractivity contribution >= 4 is 11.7 Å². The third kappa shape index (κ3) is 1.48. The zero-order valence-electron chi connectivity index (χ0n) is 7.49. The molecule has 2 N–H and O–H groups in total. The Kier molecular flexibility index (Phi) is 1.99. The number of Topliss-reactive ketones (excluding diaryl/α,β-unsaturated/α-hetero) is 1. The maximum absolute atomic E-state index is 11.2. The third-order valence-corrected chi connectivity index (χ3v) is 2.14. The normalized spacial score (nSPS) is 14.1. The Morgan fingerprint density at radius 3 is 3.00 bits per heavy atom. The average molecular weight is 191 g/mol. The van der Waals surface area contributed by atoms with Crippen LogP contribution >= 0.6 is 0 Å². The van der Waals surface area contributed by atoms with Crippen molar-refractivity contribution < 1.29 is 9.59 Å². The van der Waals surface area contributed by atoms with Crippen LogP contribution in [-0.2, 0) is 17.6 Å². The topological polar surface area (TPSA) is 85.9 Å². The van der Waals surface area contributed by atoms with E-state index in [1.807, 2.05) is 0 Å². The number of carbonyl (C=O) groups is 2. The van der Waals surface area contributed by atoms with Gasteiger partial charge in [-0.3, -0.25) is 9.59 Å². The molecule has 0 fully saturated rings. The molecular weight excluding hydrogens is 182 g/mol. The minimum Gasteiger partial charge on any atom is -0.369 e. The van der Waals surface area contributed by atoms with Crippen LogP contribution in [0.25, 0.3) is 0 Å². The average Bonchev–Trinajstić information content (AvgIpc) is 2.46. The van der Waals surface area contributed by atoms with Crippen molar-refractivity contribution in [2.45, 2.75) is 19.3 Å². The first-order valence-corrected chi connectivity index (χ1v) is 4.33. The lowest BCUT2D eigenvalue weighted by molar-refractivity contribution is -0.117. The summed E-state index contributed by atoms with van der Waals surface area (Å²) in [7, 11) is 0. The maximum atomic E-state index is 11.2. The van der Waals surface area contributed by atoms with Crippen LogP contribution in [0.4, 0.5) is 0 Å². The molecule has 0 aromatic carbocycles. The second kappa shape index (κ2) is 3.17. The van der Waals surface area contributed by atoms with Crippen LogP contribution in [0.15, 0.2) is 6.20 Å². The standard InChI is InChI=1S/C9H9N3O2/c10-8(14)3-9-11-4-5-6(12-9)1-2-7(5)13/h4H,1-3H2,(H2,10,14). The Morgan fingerprint density at radius 1 is 1.50 bits per heavy atom. The SMILES string of the molecule is NC(=O)Cc1ncc2c(n1)CCC2=O. The van der Waals surface area contributed by atoms with E-state index < -0.39 is 5.91 Å². The van der Waals surface area contributed by atoms with Gasteiger partial charge in [0.1, 0.15) is 5.82 Å². The zero-order chi connectivity index (χ0) is 10.1. The molecule has 14 heavy (non-hydrogen) atoms. The molecule has 5 heteroatoms. The van der Waals surface area contributed by atoms with Gasteiger partial charge >= 0.3 is 0 Å². The predicted molar refractivity (Wildman–Crippen MR) is 47.6 cm³/mol. The summed E-state index contributed by atoms with van der Waals surface area (Å²) >= 11 is 0. The van der Waals surface area contributed by atoms with Crippen molar-refractivity contribution in [2.75, 3.05) is 0 Å². The van der Waals surface area contributed by atoms with Crippen molar-refractivity contribution in [2.24, 2.45) is 5.73 Å². The lowest BCUT2D eigenvalue weighted by atomic mass is 10.2. The minimum absolute atomic E-state index is 0.0292. The highest BCUT2D eigenvalue weighted by Crippen LogP contribution is 2.18. The molecule has 0 unspecified atom stereocenters. The van der Waals surface area contributed by atoms with Crippen LogP contribution in [0, 0.1) is 0 Å². The zero-order valence-corrected chi connectivity index (χ0v) is 7.49. The fourth-order valence-corrected chi connectivity index (χ4v) is 1.49. The summed E-state index contributed by atoms with van der Waals surface area (Å²) in [5.41, 5.74) is 6.33. The fourth-order valence-electron chi connectivity index (χ4n) is 1.49. The molecule has 0 atom stereocenters. The monoisotopic (exact) mass is 191 g/mol. The number of aryl methyl sites for hydroxylation is 1. The van der Waals surface area contributed by atoms with Gasteiger partial charge in [0.15, 0.2) is 5.78 Å². The highest BCUT2D eigenvalue weighted by molar-refractivity contribution is 5.99. The second-order valence-corrected chi connectivity index (χ2v) is 3.21. The minimum atomic E-state index is -0.464. The van der Waals surface area contributed by atoms with Gasteiger partial charge in [-0.25, -0.2) is 9.97 Å². The number of fused-ring (bicyclic) bond motifs is 1. The molecule has 0 spiro atoms. The van der Waals surface area contributed by atoms with Crippen molar-refractivity contribution in [3.63, 3.8) is 0 Å². The summed E-state index contributed by atoms with van der Waals surface area (Å²) < 4.78 is 0. The molecule has 1 heterocycles. The van der Waals surface area contributed by atoms with Crippen LogP contribution in [-0.4, -0.2) is 21.7 Å². The first-order chi connectivity index (χ1) is 6.66. The highest BCUT2D eigenvalue weighted by atomic mass is 16.1. The Labute approximate surface area is 80.4 Å². The van der Waals surface area contributed by atoms with E-state index in [0.717, 1.165) is 5.69 Å². The van der Waals surface area contributed by atoms with Crippen molar-refractivity contribution in [1.82, 2.24) is 9.97 Å². The molecule has 5 nitrogen and oxygen atoms in total. The van der Waals surface area contributed by atoms with E-state index in [1.54, 1.807) is 0 Å². The molecule has 1 amide bonds. The van der Waals surface area contributed by atoms with Gasteiger partial charge in [0.05, 0.1) is 17.7 Å². The Morgan fingerprint density at radius 2 is 2.29 bits per heavy atom. The number of nitrogens with two attached hydrogens (primary N) is 1. The number of ketones is 1. The summed E-state index contributed by atoms with van der Waals surface area (Å²) in [6.07, 6.45) is 2.64. The first kappa shape index (κ1) is 8.80. The number of nitrogens with zero attached hydrogens (tertiary/aromatic N) is 2. The molecule has 0 aliphatic heterocycles. The molecule has 1 aromatic heterocycles. The van der Waals surface area contributed by atoms with E-state index >= 15 is 0 Å². The van der Waals surface area contributed by atoms with Gasteiger partial charge in [-0.2, -0.15) is 0 Å². The third-order valence-electron chi connectivity index (χ3n) is 2.14. The van der Waals surface area contributed by atoms with Gasteiger partial charge in [-0.15, -0.1) is 0 Å². The van der Waals surface area contributed by atoms with E-state index in [2.05, 4.69) is 9.97 Å². The van der Waals surface area contributed by atoms with Gasteiger partial charge < -0.3 is 5.73 Å². The Bertz CT molecular complexity index is 415. The molecule has 1 aliphatic rings. The summed E-state index contributed by atoms with van der Waals surface area (Å²) in [5.74, 6) is 0.00542. The predicted octanol–water partition coefficient (Wildman–Crippen LogP) is -0.367. The number of hydrogen-bond donors (Lipinski definition) is 1. The van der Waals surface area contributed by atoms with Crippen LogP contribution in [0.1, 0.15) is 28.3 Å². The van der Waals surface area contributed by atoms with E-state index in [4.69, 9.17) is 5.73 Å². The molecular formula is C9H9N3O2. The van der Waals surface area contributed by atoms with Crippen LogP contribution in [0.3, 0.4) is 0 Å². The van der Waals surface area contributed by atoms with Gasteiger partial charge in [0.2, 0.25) is 5.91 Å². The van der Waals surface area contributed by atoms with Gasteiger partial charge in [0, 0.05) is 12.6 Å². The summed E-state index contributed by atoms with van der Waals surface area (Å²) in [6, 6.07) is 0. The summed E-state index contributed by atoms with van der Waals surface area (Å²) in [5, 5.41) is 0. The van der Waals surface area contributed by atoms with E-state index in [-0.39, 0.29) is 12.2 Å². The van der Waals surface area contributed by atoms with Crippen molar-refractivity contribution in [3.05, 3.63) is 23.3 Å². The molecule has 0 bridgehead atoms. The second-order valence-electron chi connectivity index (χ2n) is 3.21. The van der Waals surface area contributed by atoms with Crippen LogP contribution < -0.4 is 5.73 Å². The molecule has 1 aliphatic carbocycles. The maximum Gasteiger partial charge on any atom is 0.225 e. The molecule has 2 rings (SSSR count). The van der Waals surface area contributed by atoms with Gasteiger partial charge in [-0.05, 0) is 6.42 Å². The van der Waals surface area contributed by atoms with E-state index in [1.165, 1.54) is 6.20 Å². The fraction of sp³-hybridized carbons (Fsp3) is 0.333. The summed E-state index contributed by atoms with van der Waals surface area (Å²) in [6.45, 7) is 0.